The van der Waals surface area contributed by atoms with Crippen LogP contribution in [0, 0.1) is 18.3 Å². The highest BCUT2D eigenvalue weighted by atomic mass is 16.5. The van der Waals surface area contributed by atoms with Crippen molar-refractivity contribution in [2.24, 2.45) is 0 Å². The number of aromatic nitrogens is 1. The maximum atomic E-state index is 11.3. The molecule has 120 valence electrons. The lowest BCUT2D eigenvalue weighted by Crippen LogP contribution is -2.29. The molecule has 0 aliphatic rings. The number of anilines is 3. The molecule has 1 aromatic rings. The number of nitrogens with one attached hydrogen (secondary N) is 1. The Hall–Kier alpha value is -2.33. The van der Waals surface area contributed by atoms with Gasteiger partial charge in [-0.1, -0.05) is 0 Å². The van der Waals surface area contributed by atoms with Crippen molar-refractivity contribution in [3.05, 3.63) is 11.1 Å². The second kappa shape index (κ2) is 8.20. The van der Waals surface area contributed by atoms with E-state index in [1.807, 2.05) is 18.7 Å². The first-order valence-electron chi connectivity index (χ1n) is 7.26. The molecule has 0 unspecified atom stereocenters. The molecule has 0 saturated carbocycles. The van der Waals surface area contributed by atoms with E-state index in [1.54, 1.807) is 6.92 Å². The van der Waals surface area contributed by atoms with Crippen molar-refractivity contribution >= 4 is 23.2 Å². The maximum absolute atomic E-state index is 11.3. The van der Waals surface area contributed by atoms with E-state index >= 15 is 0 Å². The first-order chi connectivity index (χ1) is 10.5. The maximum Gasteiger partial charge on any atom is 0.222 e. The molecule has 0 aromatic carbocycles. The summed E-state index contributed by atoms with van der Waals surface area (Å²) in [5, 5.41) is 12.0. The summed E-state index contributed by atoms with van der Waals surface area (Å²) in [7, 11) is 0. The number of pyridine rings is 1. The van der Waals surface area contributed by atoms with Gasteiger partial charge in [0.15, 0.2) is 5.82 Å². The van der Waals surface area contributed by atoms with Gasteiger partial charge in [-0.05, 0) is 26.3 Å². The standard InChI is InChI=1S/C15H23N5O2/c1-5-20(7-8-22-6-2)15-12(9-16)10(3)13(17)14(19-15)18-11(4)21/h5-8,17H2,1-4H3,(H,18,19,21). The van der Waals surface area contributed by atoms with Gasteiger partial charge < -0.3 is 20.7 Å². The third kappa shape index (κ3) is 4.09. The van der Waals surface area contributed by atoms with Crippen LogP contribution in [-0.2, 0) is 9.53 Å². The van der Waals surface area contributed by atoms with E-state index in [1.165, 1.54) is 6.92 Å². The largest absolute Gasteiger partial charge is 0.395 e. The Kier molecular flexibility index (Phi) is 6.60. The number of hydrogen-bond acceptors (Lipinski definition) is 6. The van der Waals surface area contributed by atoms with Gasteiger partial charge in [0.25, 0.3) is 0 Å². The first kappa shape index (κ1) is 17.7. The normalized spacial score (nSPS) is 10.1. The summed E-state index contributed by atoms with van der Waals surface area (Å²) in [6.45, 7) is 9.48. The SMILES string of the molecule is CCOCCN(CC)c1nc(NC(C)=O)c(N)c(C)c1C#N. The molecule has 22 heavy (non-hydrogen) atoms. The van der Waals surface area contributed by atoms with E-state index in [0.29, 0.717) is 48.9 Å². The number of likely N-dealkylation sites (N-methyl/N-ethyl adjacent to an activating group) is 1. The zero-order chi connectivity index (χ0) is 16.7. The van der Waals surface area contributed by atoms with Crippen molar-refractivity contribution in [2.45, 2.75) is 27.7 Å². The molecule has 0 spiro atoms. The van der Waals surface area contributed by atoms with E-state index in [9.17, 15) is 10.1 Å². The zero-order valence-electron chi connectivity index (χ0n) is 13.6. The van der Waals surface area contributed by atoms with Gasteiger partial charge in [0, 0.05) is 26.6 Å². The van der Waals surface area contributed by atoms with Crippen LogP contribution in [0.5, 0.6) is 0 Å². The topological polar surface area (TPSA) is 104 Å². The predicted molar refractivity (Wildman–Crippen MR) is 86.8 cm³/mol. The summed E-state index contributed by atoms with van der Waals surface area (Å²) in [4.78, 5) is 17.6. The van der Waals surface area contributed by atoms with Crippen LogP contribution in [0.15, 0.2) is 0 Å². The number of carbonyl (C=O) groups is 1. The second-order valence-corrected chi connectivity index (χ2v) is 4.77. The lowest BCUT2D eigenvalue weighted by atomic mass is 10.1. The predicted octanol–water partition coefficient (Wildman–Crippen LogP) is 1.67. The number of nitriles is 1. The van der Waals surface area contributed by atoms with E-state index < -0.39 is 0 Å². The van der Waals surface area contributed by atoms with Gasteiger partial charge >= 0.3 is 0 Å². The Morgan fingerprint density at radius 1 is 1.50 bits per heavy atom. The molecule has 0 saturated heterocycles. The van der Waals surface area contributed by atoms with Crippen LogP contribution in [0.1, 0.15) is 31.9 Å². The van der Waals surface area contributed by atoms with E-state index in [4.69, 9.17) is 10.5 Å². The molecule has 1 heterocycles. The minimum atomic E-state index is -0.258. The number of carbonyl (C=O) groups excluding carboxylic acids is 1. The number of nitrogens with zero attached hydrogens (tertiary/aromatic N) is 3. The molecule has 7 nitrogen and oxygen atoms in total. The Balaban J connectivity index is 3.27. The molecule has 7 heteroatoms. The van der Waals surface area contributed by atoms with Crippen LogP contribution in [0.3, 0.4) is 0 Å². The van der Waals surface area contributed by atoms with Gasteiger partial charge in [-0.15, -0.1) is 0 Å². The number of amides is 1. The minimum Gasteiger partial charge on any atom is -0.395 e. The fourth-order valence-corrected chi connectivity index (χ4v) is 2.06. The summed E-state index contributed by atoms with van der Waals surface area (Å²) < 4.78 is 5.36. The Morgan fingerprint density at radius 2 is 2.18 bits per heavy atom. The molecule has 0 radical (unpaired) electrons. The van der Waals surface area contributed by atoms with Gasteiger partial charge in [-0.2, -0.15) is 5.26 Å². The number of nitrogen functional groups attached to an aromatic ring is 1. The van der Waals surface area contributed by atoms with Crippen LogP contribution in [0.25, 0.3) is 0 Å². The first-order valence-corrected chi connectivity index (χ1v) is 7.26. The van der Waals surface area contributed by atoms with Crippen molar-refractivity contribution in [3.8, 4) is 6.07 Å². The van der Waals surface area contributed by atoms with Crippen molar-refractivity contribution < 1.29 is 9.53 Å². The zero-order valence-corrected chi connectivity index (χ0v) is 13.6. The highest BCUT2D eigenvalue weighted by Crippen LogP contribution is 2.30. The fourth-order valence-electron chi connectivity index (χ4n) is 2.06. The molecule has 0 fully saturated rings. The molecular formula is C15H23N5O2. The molecule has 0 aliphatic carbocycles. The molecule has 1 amide bonds. The number of hydrogen-bond donors (Lipinski definition) is 2. The lowest BCUT2D eigenvalue weighted by molar-refractivity contribution is -0.114. The average molecular weight is 305 g/mol. The Bertz CT molecular complexity index is 580. The Morgan fingerprint density at radius 3 is 2.68 bits per heavy atom. The van der Waals surface area contributed by atoms with Crippen LogP contribution >= 0.6 is 0 Å². The van der Waals surface area contributed by atoms with E-state index in [2.05, 4.69) is 16.4 Å². The third-order valence-corrected chi connectivity index (χ3v) is 3.27. The van der Waals surface area contributed by atoms with Gasteiger partial charge in [0.05, 0.1) is 17.9 Å². The van der Waals surface area contributed by atoms with Crippen LogP contribution < -0.4 is 16.0 Å². The molecule has 0 aliphatic heterocycles. The molecular weight excluding hydrogens is 282 g/mol. The number of rotatable bonds is 7. The fraction of sp³-hybridized carbons (Fsp3) is 0.533. The minimum absolute atomic E-state index is 0.258. The van der Waals surface area contributed by atoms with Crippen LogP contribution in [-0.4, -0.2) is 37.2 Å². The summed E-state index contributed by atoms with van der Waals surface area (Å²) in [5.41, 5.74) is 7.32. The van der Waals surface area contributed by atoms with Gasteiger partial charge in [-0.3, -0.25) is 4.79 Å². The highest BCUT2D eigenvalue weighted by Gasteiger charge is 2.19. The third-order valence-electron chi connectivity index (χ3n) is 3.27. The van der Waals surface area contributed by atoms with Crippen molar-refractivity contribution in [1.29, 1.82) is 5.26 Å². The molecule has 1 rings (SSSR count). The van der Waals surface area contributed by atoms with Crippen LogP contribution in [0.4, 0.5) is 17.3 Å². The average Bonchev–Trinajstić information content (AvgIpc) is 2.48. The van der Waals surface area contributed by atoms with E-state index in [0.717, 1.165) is 0 Å². The number of ether oxygens (including phenoxy) is 1. The molecule has 0 bridgehead atoms. The summed E-state index contributed by atoms with van der Waals surface area (Å²) in [6.07, 6.45) is 0. The lowest BCUT2D eigenvalue weighted by Gasteiger charge is -2.25. The van der Waals surface area contributed by atoms with Crippen molar-refractivity contribution in [3.63, 3.8) is 0 Å². The quantitative estimate of drug-likeness (QED) is 0.742. The molecule has 1 aromatic heterocycles. The summed E-state index contributed by atoms with van der Waals surface area (Å²) >= 11 is 0. The summed E-state index contributed by atoms with van der Waals surface area (Å²) in [5.74, 6) is 0.542. The van der Waals surface area contributed by atoms with E-state index in [-0.39, 0.29) is 11.7 Å². The van der Waals surface area contributed by atoms with Gasteiger partial charge in [-0.25, -0.2) is 4.98 Å². The second-order valence-electron chi connectivity index (χ2n) is 4.77. The number of nitrogens with two attached hydrogens (primary N) is 1. The van der Waals surface area contributed by atoms with Gasteiger partial charge in [0.1, 0.15) is 11.9 Å². The van der Waals surface area contributed by atoms with Gasteiger partial charge in [0.2, 0.25) is 5.91 Å². The van der Waals surface area contributed by atoms with Crippen LogP contribution in [0.2, 0.25) is 0 Å². The molecule has 0 atom stereocenters. The molecule has 3 N–H and O–H groups in total. The summed E-state index contributed by atoms with van der Waals surface area (Å²) in [6, 6.07) is 2.15. The van der Waals surface area contributed by atoms with Crippen molar-refractivity contribution in [2.75, 3.05) is 42.3 Å². The smallest absolute Gasteiger partial charge is 0.222 e. The Labute approximate surface area is 131 Å². The monoisotopic (exact) mass is 305 g/mol. The van der Waals surface area contributed by atoms with Crippen molar-refractivity contribution in [1.82, 2.24) is 4.98 Å². The highest BCUT2D eigenvalue weighted by molar-refractivity contribution is 5.92.